The fourth-order valence-corrected chi connectivity index (χ4v) is 3.00. The first-order valence-corrected chi connectivity index (χ1v) is 8.43. The van der Waals surface area contributed by atoms with Gasteiger partial charge in [0.25, 0.3) is 5.91 Å². The number of fused-ring (bicyclic) bond motifs is 2. The first kappa shape index (κ1) is 16.8. The van der Waals surface area contributed by atoms with Crippen LogP contribution in [-0.2, 0) is 0 Å². The molecule has 7 nitrogen and oxygen atoms in total. The second kappa shape index (κ2) is 6.28. The van der Waals surface area contributed by atoms with Gasteiger partial charge in [0, 0.05) is 36.8 Å². The zero-order chi connectivity index (χ0) is 19.1. The summed E-state index contributed by atoms with van der Waals surface area (Å²) in [5.41, 5.74) is 8.63. The third kappa shape index (κ3) is 2.83. The van der Waals surface area contributed by atoms with Crippen molar-refractivity contribution in [2.24, 2.45) is 0 Å². The third-order valence-corrected chi connectivity index (χ3v) is 4.49. The number of anilines is 2. The van der Waals surface area contributed by atoms with E-state index in [0.717, 1.165) is 11.1 Å². The number of ether oxygens (including phenoxy) is 1. The van der Waals surface area contributed by atoms with Gasteiger partial charge in [-0.2, -0.15) is 4.68 Å². The molecular weight excluding hydrogens is 342 g/mol. The third-order valence-electron chi connectivity index (χ3n) is 4.49. The van der Waals surface area contributed by atoms with E-state index in [-0.39, 0.29) is 11.7 Å². The van der Waals surface area contributed by atoms with Crippen LogP contribution < -0.4 is 15.4 Å². The lowest BCUT2D eigenvalue weighted by molar-refractivity contribution is 0.0950. The largest absolute Gasteiger partial charge is 0.497 e. The van der Waals surface area contributed by atoms with Crippen molar-refractivity contribution in [1.29, 1.82) is 0 Å². The van der Waals surface area contributed by atoms with Crippen LogP contribution in [0.5, 0.6) is 5.75 Å². The summed E-state index contributed by atoms with van der Waals surface area (Å²) in [6.45, 7) is 0. The predicted molar refractivity (Wildman–Crippen MR) is 106 cm³/mol. The Morgan fingerprint density at radius 3 is 2.70 bits per heavy atom. The lowest BCUT2D eigenvalue weighted by atomic mass is 10.1. The van der Waals surface area contributed by atoms with Gasteiger partial charge in [0.05, 0.1) is 18.0 Å². The van der Waals surface area contributed by atoms with Crippen LogP contribution in [0.3, 0.4) is 0 Å². The van der Waals surface area contributed by atoms with Crippen LogP contribution in [0.25, 0.3) is 21.9 Å². The summed E-state index contributed by atoms with van der Waals surface area (Å²) in [6, 6.07) is 14.8. The molecule has 0 unspecified atom stereocenters. The van der Waals surface area contributed by atoms with Gasteiger partial charge < -0.3 is 15.4 Å². The van der Waals surface area contributed by atoms with Crippen LogP contribution >= 0.6 is 0 Å². The highest BCUT2D eigenvalue weighted by Gasteiger charge is 2.18. The molecule has 0 spiro atoms. The molecule has 4 rings (SSSR count). The zero-order valence-corrected chi connectivity index (χ0v) is 15.3. The average molecular weight is 361 g/mol. The molecule has 4 aromatic rings. The number of nitrogen functional groups attached to an aromatic ring is 1. The molecule has 0 bridgehead atoms. The Bertz CT molecular complexity index is 1180. The molecule has 0 aliphatic heterocycles. The summed E-state index contributed by atoms with van der Waals surface area (Å²) < 4.78 is 6.53. The molecule has 136 valence electrons. The van der Waals surface area contributed by atoms with Gasteiger partial charge in [0.2, 0.25) is 0 Å². The molecule has 0 saturated heterocycles. The first-order valence-electron chi connectivity index (χ1n) is 8.43. The van der Waals surface area contributed by atoms with Crippen molar-refractivity contribution < 1.29 is 9.53 Å². The van der Waals surface area contributed by atoms with E-state index >= 15 is 0 Å². The van der Waals surface area contributed by atoms with E-state index in [1.54, 1.807) is 13.2 Å². The van der Waals surface area contributed by atoms with E-state index in [9.17, 15) is 4.79 Å². The summed E-state index contributed by atoms with van der Waals surface area (Å²) in [4.78, 5) is 19.6. The van der Waals surface area contributed by atoms with Crippen molar-refractivity contribution in [3.05, 3.63) is 54.1 Å². The fourth-order valence-electron chi connectivity index (χ4n) is 3.00. The van der Waals surface area contributed by atoms with E-state index in [4.69, 9.17) is 10.5 Å². The van der Waals surface area contributed by atoms with Crippen LogP contribution in [0.15, 0.2) is 48.5 Å². The summed E-state index contributed by atoms with van der Waals surface area (Å²) in [5, 5.41) is 5.79. The summed E-state index contributed by atoms with van der Waals surface area (Å²) in [5.74, 6) is 0.681. The van der Waals surface area contributed by atoms with Gasteiger partial charge >= 0.3 is 0 Å². The van der Waals surface area contributed by atoms with Crippen LogP contribution in [0, 0.1) is 0 Å². The molecule has 2 N–H and O–H groups in total. The minimum absolute atomic E-state index is 0.271. The highest BCUT2D eigenvalue weighted by atomic mass is 16.5. The molecule has 2 aromatic heterocycles. The second-order valence-corrected chi connectivity index (χ2v) is 6.47. The maximum atomic E-state index is 13.1. The van der Waals surface area contributed by atoms with Gasteiger partial charge in [-0.15, -0.1) is 5.10 Å². The summed E-state index contributed by atoms with van der Waals surface area (Å²) in [6.07, 6.45) is 0. The molecule has 7 heteroatoms. The summed E-state index contributed by atoms with van der Waals surface area (Å²) in [7, 11) is 5.45. The lowest BCUT2D eigenvalue weighted by Crippen LogP contribution is -2.16. The Kier molecular flexibility index (Phi) is 3.92. The van der Waals surface area contributed by atoms with Crippen molar-refractivity contribution in [3.8, 4) is 5.75 Å². The minimum Gasteiger partial charge on any atom is -0.497 e. The highest BCUT2D eigenvalue weighted by Crippen LogP contribution is 2.27. The number of aromatic nitrogens is 3. The van der Waals surface area contributed by atoms with E-state index < -0.39 is 0 Å². The van der Waals surface area contributed by atoms with E-state index in [0.29, 0.717) is 27.9 Å². The molecular formula is C20H19N5O2. The van der Waals surface area contributed by atoms with E-state index in [1.807, 2.05) is 61.5 Å². The van der Waals surface area contributed by atoms with Crippen LogP contribution in [-0.4, -0.2) is 41.9 Å². The Hall–Kier alpha value is -3.61. The summed E-state index contributed by atoms with van der Waals surface area (Å²) >= 11 is 0. The Labute approximate surface area is 156 Å². The molecule has 0 radical (unpaired) electrons. The minimum atomic E-state index is -0.282. The van der Waals surface area contributed by atoms with Crippen molar-refractivity contribution in [3.63, 3.8) is 0 Å². The number of hydrogen-bond donors (Lipinski definition) is 1. The number of benzene rings is 2. The van der Waals surface area contributed by atoms with Gasteiger partial charge in [-0.05, 0) is 36.4 Å². The number of hydrogen-bond acceptors (Lipinski definition) is 6. The van der Waals surface area contributed by atoms with Gasteiger partial charge in [-0.25, -0.2) is 4.98 Å². The van der Waals surface area contributed by atoms with Crippen molar-refractivity contribution in [2.45, 2.75) is 0 Å². The van der Waals surface area contributed by atoms with Crippen LogP contribution in [0.4, 0.5) is 11.5 Å². The Morgan fingerprint density at radius 1 is 1.15 bits per heavy atom. The number of nitrogens with two attached hydrogens (primary N) is 1. The van der Waals surface area contributed by atoms with Crippen LogP contribution in [0.2, 0.25) is 0 Å². The van der Waals surface area contributed by atoms with E-state index in [1.165, 1.54) is 4.68 Å². The second-order valence-electron chi connectivity index (χ2n) is 6.47. The molecule has 0 aliphatic carbocycles. The van der Waals surface area contributed by atoms with Crippen LogP contribution in [0.1, 0.15) is 10.4 Å². The lowest BCUT2D eigenvalue weighted by Gasteiger charge is -2.13. The molecule has 0 amide bonds. The SMILES string of the molecule is COc1ccc2cc3c(N)nn(C(=O)c4cccc(N(C)C)c4)c3nc2c1. The van der Waals surface area contributed by atoms with Crippen molar-refractivity contribution in [1.82, 2.24) is 14.8 Å². The van der Waals surface area contributed by atoms with Gasteiger partial charge in [-0.1, -0.05) is 6.07 Å². The molecule has 2 aromatic carbocycles. The average Bonchev–Trinajstić information content (AvgIpc) is 3.01. The Balaban J connectivity index is 1.89. The zero-order valence-electron chi connectivity index (χ0n) is 15.3. The quantitative estimate of drug-likeness (QED) is 0.604. The Morgan fingerprint density at radius 2 is 1.96 bits per heavy atom. The number of nitrogens with zero attached hydrogens (tertiary/aromatic N) is 4. The smallest absolute Gasteiger partial charge is 0.280 e. The van der Waals surface area contributed by atoms with Crippen molar-refractivity contribution >= 4 is 39.3 Å². The first-order chi connectivity index (χ1) is 13.0. The maximum absolute atomic E-state index is 13.1. The van der Waals surface area contributed by atoms with Crippen molar-refractivity contribution in [2.75, 3.05) is 31.8 Å². The molecule has 27 heavy (non-hydrogen) atoms. The topological polar surface area (TPSA) is 86.3 Å². The monoisotopic (exact) mass is 361 g/mol. The molecule has 0 aliphatic rings. The molecule has 0 atom stereocenters. The number of carbonyl (C=O) groups excluding carboxylic acids is 1. The standard InChI is InChI=1S/C20H19N5O2/c1-24(2)14-6-4-5-13(9-14)20(26)25-19-16(18(21)23-25)10-12-7-8-15(27-3)11-17(12)22-19/h4-11H,1-3H3,(H2,21,23). The normalized spacial score (nSPS) is 11.1. The predicted octanol–water partition coefficient (Wildman–Crippen LogP) is 2.93. The van der Waals surface area contributed by atoms with Gasteiger partial charge in [-0.3, -0.25) is 4.79 Å². The molecule has 0 saturated carbocycles. The number of rotatable bonds is 3. The molecule has 2 heterocycles. The highest BCUT2D eigenvalue weighted by molar-refractivity contribution is 6.05. The molecule has 0 fully saturated rings. The van der Waals surface area contributed by atoms with Gasteiger partial charge in [0.15, 0.2) is 11.5 Å². The maximum Gasteiger partial charge on any atom is 0.280 e. The number of carbonyl (C=O) groups is 1. The number of pyridine rings is 1. The van der Waals surface area contributed by atoms with E-state index in [2.05, 4.69) is 10.1 Å². The number of methoxy groups -OCH3 is 1. The van der Waals surface area contributed by atoms with Gasteiger partial charge in [0.1, 0.15) is 5.75 Å². The fraction of sp³-hybridized carbons (Fsp3) is 0.150.